The minimum Gasteiger partial charge on any atom is -0.486 e. The summed E-state index contributed by atoms with van der Waals surface area (Å²) in [6.45, 7) is 4.69. The summed E-state index contributed by atoms with van der Waals surface area (Å²) in [5, 5.41) is 4.22. The Kier molecular flexibility index (Phi) is 3.72. The average molecular weight is 312 g/mol. The molecule has 0 amide bonds. The molecule has 0 aromatic heterocycles. The van der Waals surface area contributed by atoms with E-state index < -0.39 is 0 Å². The fourth-order valence-electron chi connectivity index (χ4n) is 3.58. The van der Waals surface area contributed by atoms with E-state index in [4.69, 9.17) is 16.3 Å². The van der Waals surface area contributed by atoms with E-state index in [1.54, 1.807) is 0 Å². The van der Waals surface area contributed by atoms with E-state index in [1.807, 2.05) is 37.0 Å². The Hall–Kier alpha value is -0.380. The van der Waals surface area contributed by atoms with Crippen LogP contribution in [-0.4, -0.2) is 24.2 Å². The second-order valence-electron chi connectivity index (χ2n) is 6.85. The molecule has 1 saturated heterocycles. The van der Waals surface area contributed by atoms with E-state index in [0.29, 0.717) is 11.5 Å². The Bertz CT molecular complexity index is 519. The molecule has 3 rings (SSSR count). The topological polar surface area (TPSA) is 21.3 Å². The molecule has 0 aliphatic carbocycles. The molecule has 2 heterocycles. The predicted octanol–water partition coefficient (Wildman–Crippen LogP) is 4.28. The number of hydrogen-bond acceptors (Lipinski definition) is 3. The lowest BCUT2D eigenvalue weighted by Crippen LogP contribution is -2.51. The molecule has 110 valence electrons. The van der Waals surface area contributed by atoms with Crippen LogP contribution in [0, 0.1) is 5.41 Å². The van der Waals surface area contributed by atoms with Crippen LogP contribution in [0.4, 0.5) is 0 Å². The van der Waals surface area contributed by atoms with Crippen LogP contribution < -0.4 is 10.1 Å². The van der Waals surface area contributed by atoms with Gasteiger partial charge < -0.3 is 10.1 Å². The molecule has 0 radical (unpaired) electrons. The van der Waals surface area contributed by atoms with Gasteiger partial charge in [-0.05, 0) is 42.8 Å². The Morgan fingerprint density at radius 3 is 2.85 bits per heavy atom. The predicted molar refractivity (Wildman–Crippen MR) is 87.0 cm³/mol. The highest BCUT2D eigenvalue weighted by molar-refractivity contribution is 7.99. The van der Waals surface area contributed by atoms with Gasteiger partial charge in [-0.25, -0.2) is 0 Å². The summed E-state index contributed by atoms with van der Waals surface area (Å²) in [4.78, 5) is 0. The highest BCUT2D eigenvalue weighted by atomic mass is 35.5. The fourth-order valence-corrected chi connectivity index (χ4v) is 5.17. The van der Waals surface area contributed by atoms with Crippen molar-refractivity contribution in [3.8, 4) is 5.75 Å². The van der Waals surface area contributed by atoms with Gasteiger partial charge in [0.2, 0.25) is 0 Å². The summed E-state index contributed by atoms with van der Waals surface area (Å²) in [6, 6.07) is 6.31. The van der Waals surface area contributed by atoms with Crippen molar-refractivity contribution in [2.24, 2.45) is 5.41 Å². The zero-order valence-electron chi connectivity index (χ0n) is 12.3. The first-order valence-electron chi connectivity index (χ1n) is 7.17. The lowest BCUT2D eigenvalue weighted by molar-refractivity contribution is 0.0129. The van der Waals surface area contributed by atoms with Crippen molar-refractivity contribution in [3.05, 3.63) is 28.8 Å². The molecule has 2 aliphatic heterocycles. The minimum atomic E-state index is -0.0408. The van der Waals surface area contributed by atoms with Gasteiger partial charge in [-0.2, -0.15) is 11.8 Å². The third-order valence-corrected chi connectivity index (χ3v) is 6.21. The van der Waals surface area contributed by atoms with E-state index in [1.165, 1.54) is 11.3 Å². The number of hydrogen-bond donors (Lipinski definition) is 1. The molecule has 1 spiro atoms. The third-order valence-electron chi connectivity index (χ3n) is 4.26. The van der Waals surface area contributed by atoms with Crippen LogP contribution in [0.2, 0.25) is 5.02 Å². The fraction of sp³-hybridized carbons (Fsp3) is 0.625. The first kappa shape index (κ1) is 14.6. The molecule has 1 aromatic rings. The van der Waals surface area contributed by atoms with Crippen molar-refractivity contribution < 1.29 is 4.74 Å². The quantitative estimate of drug-likeness (QED) is 0.836. The Morgan fingerprint density at radius 2 is 2.15 bits per heavy atom. The Morgan fingerprint density at radius 1 is 1.35 bits per heavy atom. The van der Waals surface area contributed by atoms with E-state index in [2.05, 4.69) is 19.2 Å². The summed E-state index contributed by atoms with van der Waals surface area (Å²) in [6.07, 6.45) is 2.14. The average Bonchev–Trinajstić information content (AvgIpc) is 2.37. The molecular weight excluding hydrogens is 290 g/mol. The maximum atomic E-state index is 6.46. The summed E-state index contributed by atoms with van der Waals surface area (Å²) in [5.74, 6) is 3.30. The van der Waals surface area contributed by atoms with Crippen LogP contribution in [0.1, 0.15) is 38.3 Å². The monoisotopic (exact) mass is 311 g/mol. The summed E-state index contributed by atoms with van der Waals surface area (Å²) < 4.78 is 6.46. The molecule has 2 aliphatic rings. The molecule has 2 atom stereocenters. The smallest absolute Gasteiger partial charge is 0.125 e. The summed E-state index contributed by atoms with van der Waals surface area (Å²) in [7, 11) is 2.02. The molecule has 1 fully saturated rings. The van der Waals surface area contributed by atoms with Crippen LogP contribution in [0.5, 0.6) is 5.75 Å². The zero-order valence-corrected chi connectivity index (χ0v) is 13.9. The van der Waals surface area contributed by atoms with Crippen molar-refractivity contribution in [2.75, 3.05) is 18.6 Å². The zero-order chi connectivity index (χ0) is 14.4. The summed E-state index contributed by atoms with van der Waals surface area (Å²) >= 11 is 8.15. The van der Waals surface area contributed by atoms with Gasteiger partial charge in [0, 0.05) is 28.8 Å². The van der Waals surface area contributed by atoms with Crippen molar-refractivity contribution >= 4 is 23.4 Å². The van der Waals surface area contributed by atoms with Crippen LogP contribution in [0.25, 0.3) is 0 Å². The van der Waals surface area contributed by atoms with Crippen molar-refractivity contribution in [3.63, 3.8) is 0 Å². The Labute approximate surface area is 130 Å². The molecule has 4 heteroatoms. The van der Waals surface area contributed by atoms with E-state index in [-0.39, 0.29) is 5.60 Å². The molecule has 1 aromatic carbocycles. The Balaban J connectivity index is 1.96. The molecule has 2 unspecified atom stereocenters. The third kappa shape index (κ3) is 2.68. The maximum absolute atomic E-state index is 6.46. The highest BCUT2D eigenvalue weighted by Crippen LogP contribution is 2.49. The van der Waals surface area contributed by atoms with E-state index in [9.17, 15) is 0 Å². The van der Waals surface area contributed by atoms with Crippen LogP contribution >= 0.6 is 23.4 Å². The molecule has 2 nitrogen and oxygen atoms in total. The molecule has 0 bridgehead atoms. The van der Waals surface area contributed by atoms with Gasteiger partial charge in [0.25, 0.3) is 0 Å². The van der Waals surface area contributed by atoms with Gasteiger partial charge in [-0.15, -0.1) is 0 Å². The number of benzene rings is 1. The second kappa shape index (κ2) is 5.11. The summed E-state index contributed by atoms with van der Waals surface area (Å²) in [5.41, 5.74) is 1.49. The molecule has 1 N–H and O–H groups in total. The maximum Gasteiger partial charge on any atom is 0.125 e. The van der Waals surface area contributed by atoms with Crippen molar-refractivity contribution in [2.45, 2.75) is 38.3 Å². The van der Waals surface area contributed by atoms with E-state index >= 15 is 0 Å². The largest absolute Gasteiger partial charge is 0.486 e. The standard InChI is InChI=1S/C16H22ClNOS/c1-15(2)8-16(10-20-9-15)7-13(18-3)12-6-11(17)4-5-14(12)19-16/h4-6,13,18H,7-10H2,1-3H3. The van der Waals surface area contributed by atoms with Crippen LogP contribution in [-0.2, 0) is 0 Å². The van der Waals surface area contributed by atoms with Gasteiger partial charge in [0.1, 0.15) is 11.4 Å². The van der Waals surface area contributed by atoms with Gasteiger partial charge in [-0.3, -0.25) is 0 Å². The number of fused-ring (bicyclic) bond motifs is 1. The van der Waals surface area contributed by atoms with Crippen LogP contribution in [0.3, 0.4) is 0 Å². The second-order valence-corrected chi connectivity index (χ2v) is 8.27. The van der Waals surface area contributed by atoms with Crippen LogP contribution in [0.15, 0.2) is 18.2 Å². The molecule has 0 saturated carbocycles. The number of halogens is 1. The van der Waals surface area contributed by atoms with Gasteiger partial charge in [-0.1, -0.05) is 25.4 Å². The number of nitrogens with one attached hydrogen (secondary N) is 1. The number of thioether (sulfide) groups is 1. The molecular formula is C16H22ClNOS. The lowest BCUT2D eigenvalue weighted by Gasteiger charge is -2.48. The number of ether oxygens (including phenoxy) is 1. The lowest BCUT2D eigenvalue weighted by atomic mass is 9.76. The van der Waals surface area contributed by atoms with Gasteiger partial charge >= 0.3 is 0 Å². The minimum absolute atomic E-state index is 0.0408. The first-order chi connectivity index (χ1) is 9.43. The molecule has 20 heavy (non-hydrogen) atoms. The number of rotatable bonds is 1. The van der Waals surface area contributed by atoms with Gasteiger partial charge in [0.15, 0.2) is 0 Å². The van der Waals surface area contributed by atoms with E-state index in [0.717, 1.165) is 29.4 Å². The van der Waals surface area contributed by atoms with Gasteiger partial charge in [0.05, 0.1) is 0 Å². The SMILES string of the molecule is CNC1CC2(CSCC(C)(C)C2)Oc2ccc(Cl)cc21. The first-order valence-corrected chi connectivity index (χ1v) is 8.70. The normalized spacial score (nSPS) is 31.7. The van der Waals surface area contributed by atoms with Crippen molar-refractivity contribution in [1.82, 2.24) is 5.32 Å². The van der Waals surface area contributed by atoms with Crippen molar-refractivity contribution in [1.29, 1.82) is 0 Å². The highest BCUT2D eigenvalue weighted by Gasteiger charge is 2.46.